The van der Waals surface area contributed by atoms with E-state index in [0.717, 1.165) is 24.6 Å². The fourth-order valence-electron chi connectivity index (χ4n) is 2.76. The SMILES string of the molecule is c1ccc(C(NC2=NCCCCCC2)c2ccco2)cc1. The van der Waals surface area contributed by atoms with E-state index in [2.05, 4.69) is 29.6 Å². The van der Waals surface area contributed by atoms with Gasteiger partial charge in [-0.25, -0.2) is 0 Å². The second kappa shape index (κ2) is 7.11. The second-order valence-electron chi connectivity index (χ2n) is 5.50. The van der Waals surface area contributed by atoms with Crippen molar-refractivity contribution in [1.82, 2.24) is 5.32 Å². The van der Waals surface area contributed by atoms with Crippen molar-refractivity contribution in [3.05, 3.63) is 60.1 Å². The quantitative estimate of drug-likeness (QED) is 0.910. The summed E-state index contributed by atoms with van der Waals surface area (Å²) < 4.78 is 5.63. The first-order valence-electron chi connectivity index (χ1n) is 7.82. The van der Waals surface area contributed by atoms with Crippen LogP contribution in [0.5, 0.6) is 0 Å². The molecule has 1 aliphatic rings. The lowest BCUT2D eigenvalue weighted by molar-refractivity contribution is 0.472. The molecule has 1 aromatic carbocycles. The highest BCUT2D eigenvalue weighted by molar-refractivity contribution is 5.83. The Kier molecular flexibility index (Phi) is 4.72. The molecule has 1 N–H and O–H groups in total. The molecule has 110 valence electrons. The summed E-state index contributed by atoms with van der Waals surface area (Å²) in [7, 11) is 0. The van der Waals surface area contributed by atoms with Gasteiger partial charge in [-0.15, -0.1) is 0 Å². The van der Waals surface area contributed by atoms with Crippen LogP contribution in [0, 0.1) is 0 Å². The van der Waals surface area contributed by atoms with Gasteiger partial charge in [0.25, 0.3) is 0 Å². The maximum atomic E-state index is 5.63. The van der Waals surface area contributed by atoms with Crippen molar-refractivity contribution in [2.24, 2.45) is 4.99 Å². The lowest BCUT2D eigenvalue weighted by Crippen LogP contribution is -2.29. The Morgan fingerprint density at radius 2 is 1.81 bits per heavy atom. The largest absolute Gasteiger partial charge is 0.467 e. The molecule has 0 saturated heterocycles. The molecule has 3 nitrogen and oxygen atoms in total. The molecule has 3 heteroatoms. The molecule has 0 spiro atoms. The van der Waals surface area contributed by atoms with Crippen LogP contribution in [0.15, 0.2) is 58.1 Å². The van der Waals surface area contributed by atoms with Crippen molar-refractivity contribution in [3.63, 3.8) is 0 Å². The second-order valence-corrected chi connectivity index (χ2v) is 5.50. The molecule has 2 aromatic rings. The maximum absolute atomic E-state index is 5.63. The molecule has 0 fully saturated rings. The molecule has 1 unspecified atom stereocenters. The summed E-state index contributed by atoms with van der Waals surface area (Å²) in [6.07, 6.45) is 7.78. The van der Waals surface area contributed by atoms with Crippen LogP contribution in [0.1, 0.15) is 49.5 Å². The van der Waals surface area contributed by atoms with Crippen molar-refractivity contribution in [1.29, 1.82) is 0 Å². The van der Waals surface area contributed by atoms with E-state index in [4.69, 9.17) is 9.41 Å². The first kappa shape index (κ1) is 13.9. The van der Waals surface area contributed by atoms with E-state index in [0.29, 0.717) is 0 Å². The molecule has 1 aliphatic heterocycles. The van der Waals surface area contributed by atoms with Gasteiger partial charge in [-0.3, -0.25) is 4.99 Å². The van der Waals surface area contributed by atoms with Gasteiger partial charge in [0.1, 0.15) is 11.8 Å². The highest BCUT2D eigenvalue weighted by Gasteiger charge is 2.18. The Bertz CT molecular complexity index is 560. The molecular formula is C18H22N2O. The summed E-state index contributed by atoms with van der Waals surface area (Å²) in [5, 5.41) is 3.60. The minimum absolute atomic E-state index is 0.0411. The molecule has 1 atom stereocenters. The zero-order valence-electron chi connectivity index (χ0n) is 12.3. The Balaban J connectivity index is 1.82. The highest BCUT2D eigenvalue weighted by atomic mass is 16.3. The molecule has 1 aromatic heterocycles. The Morgan fingerprint density at radius 3 is 2.62 bits per heavy atom. The smallest absolute Gasteiger partial charge is 0.130 e. The van der Waals surface area contributed by atoms with Crippen LogP contribution in [0.4, 0.5) is 0 Å². The predicted octanol–water partition coefficient (Wildman–Crippen LogP) is 4.32. The van der Waals surface area contributed by atoms with Crippen LogP contribution in [0.3, 0.4) is 0 Å². The minimum Gasteiger partial charge on any atom is -0.467 e. The van der Waals surface area contributed by atoms with Crippen LogP contribution < -0.4 is 5.32 Å². The Labute approximate surface area is 126 Å². The van der Waals surface area contributed by atoms with Crippen molar-refractivity contribution in [3.8, 4) is 0 Å². The van der Waals surface area contributed by atoms with Gasteiger partial charge in [0.2, 0.25) is 0 Å². The summed E-state index contributed by atoms with van der Waals surface area (Å²) >= 11 is 0. The summed E-state index contributed by atoms with van der Waals surface area (Å²) in [4.78, 5) is 4.72. The number of aliphatic imine (C=N–C) groups is 1. The summed E-state index contributed by atoms with van der Waals surface area (Å²) in [6, 6.07) is 14.4. The van der Waals surface area contributed by atoms with Gasteiger partial charge in [-0.05, 0) is 30.5 Å². The molecule has 21 heavy (non-hydrogen) atoms. The monoisotopic (exact) mass is 282 g/mol. The molecule has 0 bridgehead atoms. The first-order valence-corrected chi connectivity index (χ1v) is 7.82. The number of nitrogens with one attached hydrogen (secondary N) is 1. The van der Waals surface area contributed by atoms with Gasteiger partial charge in [-0.2, -0.15) is 0 Å². The van der Waals surface area contributed by atoms with E-state index in [1.807, 2.05) is 18.2 Å². The van der Waals surface area contributed by atoms with E-state index in [1.165, 1.54) is 31.2 Å². The Morgan fingerprint density at radius 1 is 0.952 bits per heavy atom. The third kappa shape index (κ3) is 3.75. The van der Waals surface area contributed by atoms with Crippen LogP contribution in [0.25, 0.3) is 0 Å². The van der Waals surface area contributed by atoms with E-state index in [1.54, 1.807) is 6.26 Å². The number of hydrogen-bond donors (Lipinski definition) is 1. The van der Waals surface area contributed by atoms with E-state index < -0.39 is 0 Å². The van der Waals surface area contributed by atoms with Crippen LogP contribution >= 0.6 is 0 Å². The standard InChI is InChI=1S/C18H22N2O/c1-2-7-13-19-17(12-6-1)20-18(16-11-8-14-21-16)15-9-4-3-5-10-15/h3-5,8-11,14,18H,1-2,6-7,12-13H2,(H,19,20). The molecule has 3 rings (SSSR count). The third-order valence-corrected chi connectivity index (χ3v) is 3.90. The number of amidine groups is 1. The van der Waals surface area contributed by atoms with E-state index in [9.17, 15) is 0 Å². The fraction of sp³-hybridized carbons (Fsp3) is 0.389. The van der Waals surface area contributed by atoms with Gasteiger partial charge in [-0.1, -0.05) is 43.2 Å². The van der Waals surface area contributed by atoms with Gasteiger partial charge in [0, 0.05) is 13.0 Å². The highest BCUT2D eigenvalue weighted by Crippen LogP contribution is 2.23. The van der Waals surface area contributed by atoms with Crippen LogP contribution in [0.2, 0.25) is 0 Å². The van der Waals surface area contributed by atoms with Gasteiger partial charge >= 0.3 is 0 Å². The van der Waals surface area contributed by atoms with Gasteiger partial charge < -0.3 is 9.73 Å². The summed E-state index contributed by atoms with van der Waals surface area (Å²) in [6.45, 7) is 0.933. The number of rotatable bonds is 3. The average Bonchev–Trinajstić information content (AvgIpc) is 3.01. The third-order valence-electron chi connectivity index (χ3n) is 3.90. The summed E-state index contributed by atoms with van der Waals surface area (Å²) in [5.41, 5.74) is 1.21. The molecule has 0 amide bonds. The maximum Gasteiger partial charge on any atom is 0.130 e. The van der Waals surface area contributed by atoms with Crippen molar-refractivity contribution >= 4 is 5.84 Å². The predicted molar refractivity (Wildman–Crippen MR) is 85.5 cm³/mol. The van der Waals surface area contributed by atoms with Crippen LogP contribution in [-0.2, 0) is 0 Å². The van der Waals surface area contributed by atoms with Gasteiger partial charge in [0.15, 0.2) is 0 Å². The molecular weight excluding hydrogens is 260 g/mol. The van der Waals surface area contributed by atoms with E-state index >= 15 is 0 Å². The molecule has 0 saturated carbocycles. The average molecular weight is 282 g/mol. The number of furan rings is 1. The van der Waals surface area contributed by atoms with Crippen molar-refractivity contribution in [2.75, 3.05) is 6.54 Å². The first-order chi connectivity index (χ1) is 10.4. The van der Waals surface area contributed by atoms with Crippen LogP contribution in [-0.4, -0.2) is 12.4 Å². The topological polar surface area (TPSA) is 37.5 Å². The Hall–Kier alpha value is -2.03. The van der Waals surface area contributed by atoms with Crippen molar-refractivity contribution in [2.45, 2.75) is 38.1 Å². The number of nitrogens with zero attached hydrogens (tertiary/aromatic N) is 1. The van der Waals surface area contributed by atoms with Crippen molar-refractivity contribution < 1.29 is 4.42 Å². The lowest BCUT2D eigenvalue weighted by Gasteiger charge is -2.21. The minimum atomic E-state index is 0.0411. The van der Waals surface area contributed by atoms with Gasteiger partial charge in [0.05, 0.1) is 12.1 Å². The molecule has 2 heterocycles. The zero-order chi connectivity index (χ0) is 14.3. The molecule has 0 aliphatic carbocycles. The molecule has 0 radical (unpaired) electrons. The normalized spacial score (nSPS) is 17.4. The van der Waals surface area contributed by atoms with E-state index in [-0.39, 0.29) is 6.04 Å². The summed E-state index contributed by atoms with van der Waals surface area (Å²) in [5.74, 6) is 2.05. The zero-order valence-corrected chi connectivity index (χ0v) is 12.3. The fourth-order valence-corrected chi connectivity index (χ4v) is 2.76. The lowest BCUT2D eigenvalue weighted by atomic mass is 10.0. The number of benzene rings is 1. The number of hydrogen-bond acceptors (Lipinski definition) is 3.